The number of benzene rings is 3. The van der Waals surface area contributed by atoms with Crippen LogP contribution in [-0.4, -0.2) is 51.9 Å². The number of piperazine rings is 1. The standard InChI is InChI=1S/C25H26FN3O4S/c1-33-24-5-3-2-4-23(24)28-14-16-29(17-15-28)34(31,32)22-12-10-21(11-13-22)27-25(30)18-19-6-8-20(26)9-7-19/h2-13H,14-18H2,1H3,(H,27,30). The van der Waals surface area contributed by atoms with E-state index in [1.165, 1.54) is 28.6 Å². The molecule has 1 fully saturated rings. The Kier molecular flexibility index (Phi) is 7.14. The lowest BCUT2D eigenvalue weighted by Crippen LogP contribution is -2.48. The number of carbonyl (C=O) groups excluding carboxylic acids is 1. The highest BCUT2D eigenvalue weighted by molar-refractivity contribution is 7.89. The highest BCUT2D eigenvalue weighted by atomic mass is 32.2. The Balaban J connectivity index is 1.36. The summed E-state index contributed by atoms with van der Waals surface area (Å²) in [5, 5.41) is 2.74. The first-order valence-electron chi connectivity index (χ1n) is 10.9. The number of sulfonamides is 1. The molecule has 1 N–H and O–H groups in total. The van der Waals surface area contributed by atoms with E-state index < -0.39 is 10.0 Å². The summed E-state index contributed by atoms with van der Waals surface area (Å²) >= 11 is 0. The molecule has 0 aromatic heterocycles. The van der Waals surface area contributed by atoms with E-state index in [1.807, 2.05) is 24.3 Å². The van der Waals surface area contributed by atoms with Gasteiger partial charge in [-0.3, -0.25) is 4.79 Å². The molecule has 0 aliphatic carbocycles. The second-order valence-electron chi connectivity index (χ2n) is 7.94. The fourth-order valence-corrected chi connectivity index (χ4v) is 5.33. The first-order chi connectivity index (χ1) is 16.4. The zero-order valence-corrected chi connectivity index (χ0v) is 19.6. The van der Waals surface area contributed by atoms with Crippen LogP contribution < -0.4 is 15.0 Å². The number of anilines is 2. The lowest BCUT2D eigenvalue weighted by molar-refractivity contribution is -0.115. The average molecular weight is 484 g/mol. The van der Waals surface area contributed by atoms with Gasteiger partial charge in [-0.2, -0.15) is 4.31 Å². The molecule has 34 heavy (non-hydrogen) atoms. The minimum Gasteiger partial charge on any atom is -0.495 e. The van der Waals surface area contributed by atoms with E-state index in [2.05, 4.69) is 10.2 Å². The maximum absolute atomic E-state index is 13.1. The van der Waals surface area contributed by atoms with Crippen molar-refractivity contribution in [1.29, 1.82) is 0 Å². The van der Waals surface area contributed by atoms with Crippen molar-refractivity contribution in [2.75, 3.05) is 43.5 Å². The van der Waals surface area contributed by atoms with Gasteiger partial charge in [0.25, 0.3) is 0 Å². The average Bonchev–Trinajstić information content (AvgIpc) is 2.86. The number of halogens is 1. The van der Waals surface area contributed by atoms with Crippen LogP contribution >= 0.6 is 0 Å². The normalized spacial score (nSPS) is 14.6. The summed E-state index contributed by atoms with van der Waals surface area (Å²) < 4.78 is 46.1. The first kappa shape index (κ1) is 23.7. The van der Waals surface area contributed by atoms with Crippen LogP contribution in [0.3, 0.4) is 0 Å². The van der Waals surface area contributed by atoms with E-state index >= 15 is 0 Å². The molecule has 1 heterocycles. The fourth-order valence-electron chi connectivity index (χ4n) is 3.91. The minimum atomic E-state index is -3.65. The van der Waals surface area contributed by atoms with Crippen LogP contribution in [0.2, 0.25) is 0 Å². The van der Waals surface area contributed by atoms with E-state index in [9.17, 15) is 17.6 Å². The van der Waals surface area contributed by atoms with Gasteiger partial charge in [0.2, 0.25) is 15.9 Å². The number of carbonyl (C=O) groups is 1. The molecule has 1 aliphatic heterocycles. The molecule has 1 amide bonds. The Morgan fingerprint density at radius 1 is 0.941 bits per heavy atom. The maximum atomic E-state index is 13.1. The van der Waals surface area contributed by atoms with Gasteiger partial charge in [0.1, 0.15) is 11.6 Å². The second-order valence-corrected chi connectivity index (χ2v) is 9.88. The molecule has 0 radical (unpaired) electrons. The quantitative estimate of drug-likeness (QED) is 0.556. The molecule has 0 saturated carbocycles. The van der Waals surface area contributed by atoms with E-state index in [4.69, 9.17) is 4.74 Å². The Morgan fingerprint density at radius 2 is 1.59 bits per heavy atom. The predicted octanol–water partition coefficient (Wildman–Crippen LogP) is 3.53. The number of rotatable bonds is 7. The molecule has 7 nitrogen and oxygen atoms in total. The number of ether oxygens (including phenoxy) is 1. The molecule has 0 unspecified atom stereocenters. The first-order valence-corrected chi connectivity index (χ1v) is 12.3. The number of para-hydroxylation sites is 2. The fraction of sp³-hybridized carbons (Fsp3) is 0.240. The van der Waals surface area contributed by atoms with Gasteiger partial charge >= 0.3 is 0 Å². The summed E-state index contributed by atoms with van der Waals surface area (Å²) in [5.74, 6) is 0.132. The Bertz CT molecular complexity index is 1240. The number of hydrogen-bond donors (Lipinski definition) is 1. The van der Waals surface area contributed by atoms with Crippen molar-refractivity contribution < 1.29 is 22.3 Å². The van der Waals surface area contributed by atoms with Gasteiger partial charge in [-0.15, -0.1) is 0 Å². The zero-order chi connectivity index (χ0) is 24.1. The molecule has 3 aromatic rings. The van der Waals surface area contributed by atoms with Crippen molar-refractivity contribution in [3.63, 3.8) is 0 Å². The van der Waals surface area contributed by atoms with Crippen LogP contribution in [0.1, 0.15) is 5.56 Å². The second kappa shape index (κ2) is 10.2. The summed E-state index contributed by atoms with van der Waals surface area (Å²) in [6.07, 6.45) is 0.0941. The number of methoxy groups -OCH3 is 1. The number of hydrogen-bond acceptors (Lipinski definition) is 5. The van der Waals surface area contributed by atoms with Gasteiger partial charge in [0.15, 0.2) is 0 Å². The van der Waals surface area contributed by atoms with Crippen molar-refractivity contribution in [3.05, 3.63) is 84.2 Å². The largest absolute Gasteiger partial charge is 0.495 e. The Hall–Kier alpha value is -3.43. The van der Waals surface area contributed by atoms with E-state index in [0.29, 0.717) is 37.4 Å². The molecule has 3 aromatic carbocycles. The van der Waals surface area contributed by atoms with Crippen LogP contribution in [0.4, 0.5) is 15.8 Å². The summed E-state index contributed by atoms with van der Waals surface area (Å²) in [5.41, 5.74) is 2.13. The van der Waals surface area contributed by atoms with Crippen molar-refractivity contribution in [1.82, 2.24) is 4.31 Å². The van der Waals surface area contributed by atoms with Crippen LogP contribution in [0.25, 0.3) is 0 Å². The Morgan fingerprint density at radius 3 is 2.24 bits per heavy atom. The molecule has 9 heteroatoms. The third kappa shape index (κ3) is 5.37. The van der Waals surface area contributed by atoms with Gasteiger partial charge in [0.05, 0.1) is 24.1 Å². The van der Waals surface area contributed by atoms with Gasteiger partial charge in [-0.05, 0) is 54.1 Å². The third-order valence-electron chi connectivity index (χ3n) is 5.72. The van der Waals surface area contributed by atoms with Crippen molar-refractivity contribution in [2.24, 2.45) is 0 Å². The summed E-state index contributed by atoms with van der Waals surface area (Å²) in [4.78, 5) is 14.5. The van der Waals surface area contributed by atoms with Crippen LogP contribution in [0.15, 0.2) is 77.7 Å². The number of nitrogens with zero attached hydrogens (tertiary/aromatic N) is 2. The van der Waals surface area contributed by atoms with Gasteiger partial charge in [0, 0.05) is 31.9 Å². The van der Waals surface area contributed by atoms with E-state index in [-0.39, 0.29) is 23.0 Å². The summed E-state index contributed by atoms with van der Waals surface area (Å²) in [6, 6.07) is 19.5. The summed E-state index contributed by atoms with van der Waals surface area (Å²) in [6.45, 7) is 1.82. The lowest BCUT2D eigenvalue weighted by Gasteiger charge is -2.35. The molecular formula is C25H26FN3O4S. The van der Waals surface area contributed by atoms with Gasteiger partial charge in [-0.1, -0.05) is 24.3 Å². The lowest BCUT2D eigenvalue weighted by atomic mass is 10.1. The van der Waals surface area contributed by atoms with Crippen LogP contribution in [0, 0.1) is 5.82 Å². The smallest absolute Gasteiger partial charge is 0.243 e. The minimum absolute atomic E-state index is 0.0941. The Labute approximate surface area is 198 Å². The van der Waals surface area contributed by atoms with E-state index in [0.717, 1.165) is 11.4 Å². The molecule has 1 saturated heterocycles. The molecule has 0 bridgehead atoms. The highest BCUT2D eigenvalue weighted by Crippen LogP contribution is 2.29. The summed E-state index contributed by atoms with van der Waals surface area (Å²) in [7, 11) is -2.03. The number of nitrogens with one attached hydrogen (secondary N) is 1. The van der Waals surface area contributed by atoms with Crippen molar-refractivity contribution in [3.8, 4) is 5.75 Å². The maximum Gasteiger partial charge on any atom is 0.243 e. The van der Waals surface area contributed by atoms with Gasteiger partial charge < -0.3 is 15.0 Å². The predicted molar refractivity (Wildman–Crippen MR) is 129 cm³/mol. The van der Waals surface area contributed by atoms with Crippen LogP contribution in [0.5, 0.6) is 5.75 Å². The molecule has 4 rings (SSSR count). The van der Waals surface area contributed by atoms with E-state index in [1.54, 1.807) is 31.4 Å². The molecule has 0 spiro atoms. The SMILES string of the molecule is COc1ccccc1N1CCN(S(=O)(=O)c2ccc(NC(=O)Cc3ccc(F)cc3)cc2)CC1. The molecule has 178 valence electrons. The topological polar surface area (TPSA) is 79.0 Å². The molecule has 1 aliphatic rings. The number of amides is 1. The zero-order valence-electron chi connectivity index (χ0n) is 18.8. The highest BCUT2D eigenvalue weighted by Gasteiger charge is 2.29. The monoisotopic (exact) mass is 483 g/mol. The molecule has 0 atom stereocenters. The van der Waals surface area contributed by atoms with Gasteiger partial charge in [-0.25, -0.2) is 12.8 Å². The molecular weight excluding hydrogens is 457 g/mol. The third-order valence-corrected chi connectivity index (χ3v) is 7.63. The van der Waals surface area contributed by atoms with Crippen molar-refractivity contribution in [2.45, 2.75) is 11.3 Å². The van der Waals surface area contributed by atoms with Crippen molar-refractivity contribution >= 4 is 27.3 Å². The van der Waals surface area contributed by atoms with Crippen LogP contribution in [-0.2, 0) is 21.2 Å².